The number of nitrogens with zero attached hydrogens (tertiary/aromatic N) is 2. The highest BCUT2D eigenvalue weighted by Crippen LogP contribution is 2.21. The number of rotatable bonds is 13. The van der Waals surface area contributed by atoms with Crippen LogP contribution in [0.1, 0.15) is 38.5 Å². The van der Waals surface area contributed by atoms with Crippen LogP contribution in [-0.2, 0) is 77.7 Å². The molecule has 2 rings (SSSR count). The summed E-state index contributed by atoms with van der Waals surface area (Å²) in [4.78, 5) is 102. The van der Waals surface area contributed by atoms with Crippen LogP contribution in [0.15, 0.2) is 0 Å². The summed E-state index contributed by atoms with van der Waals surface area (Å²) in [5, 5.41) is -4.52. The third-order valence-corrected chi connectivity index (χ3v) is 7.08. The van der Waals surface area contributed by atoms with Crippen molar-refractivity contribution in [3.05, 3.63) is 0 Å². The van der Waals surface area contributed by atoms with Gasteiger partial charge in [-0.25, -0.2) is 9.59 Å². The average Bonchev–Trinajstić information content (AvgIpc) is 3.29. The van der Waals surface area contributed by atoms with E-state index in [2.05, 4.69) is 19.1 Å². The molecule has 0 spiro atoms. The molecule has 0 aliphatic carbocycles. The Morgan fingerprint density at radius 3 is 1.20 bits per heavy atom. The van der Waals surface area contributed by atoms with Gasteiger partial charge in [0.15, 0.2) is 10.5 Å². The molecule has 0 aromatic heterocycles. The highest BCUT2D eigenvalue weighted by molar-refractivity contribution is 7.87. The molecule has 222 valence electrons. The lowest BCUT2D eigenvalue weighted by Gasteiger charge is -2.13. The lowest BCUT2D eigenvalue weighted by Crippen LogP contribution is -2.36. The van der Waals surface area contributed by atoms with E-state index in [-0.39, 0.29) is 10.1 Å². The van der Waals surface area contributed by atoms with Gasteiger partial charge in [0, 0.05) is 0 Å². The van der Waals surface area contributed by atoms with Crippen LogP contribution in [0.3, 0.4) is 0 Å². The fourth-order valence-corrected chi connectivity index (χ4v) is 4.39. The summed E-state index contributed by atoms with van der Waals surface area (Å²) in [6, 6.07) is 0. The standard InChI is InChI=1S/C18H20N2O18S2/c21-11-7-9(39(29,30)31)17(27)19(11)37-15(25)3-1-13(23)35-5-6-36-14(24)2-4-16(26)38-20-12(22)8-10(18(20)28)40(32,33)34/h9-10H,1-8H2,(H,29,30,31)(H,32,33,34)/t9-,10-/m1/s1. The molecule has 2 aliphatic heterocycles. The number of carbonyl (C=O) groups is 8. The molecule has 0 aromatic carbocycles. The number of esters is 2. The summed E-state index contributed by atoms with van der Waals surface area (Å²) in [6.07, 6.45) is -4.54. The van der Waals surface area contributed by atoms with Gasteiger partial charge >= 0.3 is 23.9 Å². The Balaban J connectivity index is 1.62. The number of imide groups is 2. The monoisotopic (exact) mass is 616 g/mol. The summed E-state index contributed by atoms with van der Waals surface area (Å²) in [7, 11) is -9.82. The van der Waals surface area contributed by atoms with Gasteiger partial charge in [-0.2, -0.15) is 16.8 Å². The highest BCUT2D eigenvalue weighted by Gasteiger charge is 2.49. The third kappa shape index (κ3) is 8.75. The largest absolute Gasteiger partial charge is 0.462 e. The first-order chi connectivity index (χ1) is 18.4. The van der Waals surface area contributed by atoms with E-state index in [4.69, 9.17) is 9.11 Å². The van der Waals surface area contributed by atoms with E-state index in [1.54, 1.807) is 0 Å². The van der Waals surface area contributed by atoms with E-state index in [9.17, 15) is 55.2 Å². The Labute approximate surface area is 223 Å². The number of carbonyl (C=O) groups excluding carboxylic acids is 8. The van der Waals surface area contributed by atoms with Gasteiger partial charge in [-0.1, -0.05) is 0 Å². The smallest absolute Gasteiger partial charge is 0.333 e. The highest BCUT2D eigenvalue weighted by atomic mass is 32.2. The van der Waals surface area contributed by atoms with Crippen molar-refractivity contribution in [2.24, 2.45) is 0 Å². The second-order valence-corrected chi connectivity index (χ2v) is 11.0. The number of hydrogen-bond donors (Lipinski definition) is 2. The molecule has 2 saturated heterocycles. The van der Waals surface area contributed by atoms with Crippen molar-refractivity contribution >= 4 is 67.7 Å². The van der Waals surface area contributed by atoms with Crippen molar-refractivity contribution in [1.29, 1.82) is 0 Å². The normalized spacial score (nSPS) is 19.6. The van der Waals surface area contributed by atoms with Crippen molar-refractivity contribution in [3.63, 3.8) is 0 Å². The molecule has 0 unspecified atom stereocenters. The Bertz CT molecular complexity index is 1230. The fourth-order valence-electron chi connectivity index (χ4n) is 2.98. The van der Waals surface area contributed by atoms with Gasteiger partial charge in [0.05, 0.1) is 38.5 Å². The zero-order chi connectivity index (χ0) is 30.4. The van der Waals surface area contributed by atoms with Crippen LogP contribution in [-0.4, -0.2) is 107 Å². The molecule has 20 nitrogen and oxygen atoms in total. The number of ether oxygens (including phenoxy) is 2. The van der Waals surface area contributed by atoms with Gasteiger partial charge in [0.25, 0.3) is 43.9 Å². The lowest BCUT2D eigenvalue weighted by atomic mass is 10.3. The summed E-state index contributed by atoms with van der Waals surface area (Å²) >= 11 is 0. The van der Waals surface area contributed by atoms with Crippen molar-refractivity contribution in [1.82, 2.24) is 10.1 Å². The van der Waals surface area contributed by atoms with E-state index in [0.717, 1.165) is 0 Å². The maximum absolute atomic E-state index is 11.8. The Hall–Kier alpha value is -4.02. The van der Waals surface area contributed by atoms with E-state index >= 15 is 0 Å². The van der Waals surface area contributed by atoms with Gasteiger partial charge < -0.3 is 19.1 Å². The zero-order valence-electron chi connectivity index (χ0n) is 19.9. The molecule has 40 heavy (non-hydrogen) atoms. The molecule has 2 aliphatic rings. The topological polar surface area (TPSA) is 289 Å². The van der Waals surface area contributed by atoms with Crippen molar-refractivity contribution in [2.45, 2.75) is 49.0 Å². The van der Waals surface area contributed by atoms with Crippen LogP contribution in [0.25, 0.3) is 0 Å². The number of hydrogen-bond acceptors (Lipinski definition) is 16. The SMILES string of the molecule is O=C(CCC(=O)ON1C(=O)C[C@@H](S(=O)(=O)O)C1=O)OCCOC(=O)CCC(=O)ON1C(=O)C[C@@H](S(=O)(=O)O)C1=O. The first kappa shape index (κ1) is 32.2. The maximum atomic E-state index is 11.8. The molecule has 2 atom stereocenters. The molecular formula is C18H20N2O18S2. The van der Waals surface area contributed by atoms with Gasteiger partial charge in [-0.05, 0) is 0 Å². The molecule has 2 N–H and O–H groups in total. The summed E-state index contributed by atoms with van der Waals surface area (Å²) < 4.78 is 71.3. The molecular weight excluding hydrogens is 596 g/mol. The van der Waals surface area contributed by atoms with Crippen LogP contribution >= 0.6 is 0 Å². The van der Waals surface area contributed by atoms with E-state index in [0.29, 0.717) is 0 Å². The van der Waals surface area contributed by atoms with Gasteiger partial charge in [0.1, 0.15) is 13.2 Å². The average molecular weight is 616 g/mol. The van der Waals surface area contributed by atoms with E-state index < -0.39 is 130 Å². The predicted octanol–water partition coefficient (Wildman–Crippen LogP) is -3.42. The first-order valence-corrected chi connectivity index (χ1v) is 13.8. The minimum Gasteiger partial charge on any atom is -0.462 e. The van der Waals surface area contributed by atoms with Gasteiger partial charge in [0.2, 0.25) is 0 Å². The Morgan fingerprint density at radius 1 is 0.625 bits per heavy atom. The van der Waals surface area contributed by atoms with Crippen LogP contribution in [0, 0.1) is 0 Å². The summed E-state index contributed by atoms with van der Waals surface area (Å²) in [5.74, 6) is -9.95. The molecule has 0 aromatic rings. The first-order valence-electron chi connectivity index (χ1n) is 10.8. The van der Waals surface area contributed by atoms with Crippen LogP contribution in [0.4, 0.5) is 0 Å². The van der Waals surface area contributed by atoms with Crippen molar-refractivity contribution < 1.29 is 83.4 Å². The van der Waals surface area contributed by atoms with E-state index in [1.165, 1.54) is 0 Å². The third-order valence-electron chi connectivity index (χ3n) is 4.91. The van der Waals surface area contributed by atoms with Crippen LogP contribution < -0.4 is 0 Å². The van der Waals surface area contributed by atoms with E-state index in [1.807, 2.05) is 0 Å². The number of amides is 4. The number of hydroxylamine groups is 4. The van der Waals surface area contributed by atoms with Crippen molar-refractivity contribution in [3.8, 4) is 0 Å². The molecule has 2 fully saturated rings. The minimum atomic E-state index is -4.91. The molecule has 0 radical (unpaired) electrons. The molecule has 4 amide bonds. The minimum absolute atomic E-state index is 0.140. The fraction of sp³-hybridized carbons (Fsp3) is 0.556. The Morgan fingerprint density at radius 2 is 0.925 bits per heavy atom. The molecule has 22 heteroatoms. The Kier molecular flexibility index (Phi) is 10.4. The summed E-state index contributed by atoms with van der Waals surface area (Å²) in [5.41, 5.74) is 0. The van der Waals surface area contributed by atoms with Gasteiger partial charge in [-0.15, -0.1) is 10.1 Å². The summed E-state index contributed by atoms with van der Waals surface area (Å²) in [6.45, 7) is -1.01. The van der Waals surface area contributed by atoms with Crippen LogP contribution in [0.5, 0.6) is 0 Å². The zero-order valence-corrected chi connectivity index (χ0v) is 21.6. The van der Waals surface area contributed by atoms with Crippen LogP contribution in [0.2, 0.25) is 0 Å². The lowest BCUT2D eigenvalue weighted by molar-refractivity contribution is -0.197. The second kappa shape index (κ2) is 12.9. The predicted molar refractivity (Wildman–Crippen MR) is 116 cm³/mol. The molecule has 2 heterocycles. The molecule has 0 bridgehead atoms. The quantitative estimate of drug-likeness (QED) is 0.0881. The van der Waals surface area contributed by atoms with Crippen molar-refractivity contribution in [2.75, 3.05) is 13.2 Å². The molecule has 0 saturated carbocycles. The van der Waals surface area contributed by atoms with Gasteiger partial charge in [-0.3, -0.25) is 37.9 Å². The maximum Gasteiger partial charge on any atom is 0.333 e. The second-order valence-electron chi connectivity index (χ2n) is 7.84.